The van der Waals surface area contributed by atoms with Crippen LogP contribution in [0.1, 0.15) is 42.9 Å². The molecule has 0 aromatic heterocycles. The number of hydrogen-bond acceptors (Lipinski definition) is 3. The molecule has 1 atom stereocenters. The van der Waals surface area contributed by atoms with Gasteiger partial charge in [-0.3, -0.25) is 0 Å². The molecule has 2 heterocycles. The van der Waals surface area contributed by atoms with E-state index in [2.05, 4.69) is 42.4 Å². The highest BCUT2D eigenvalue weighted by atomic mass is 16.5. The second-order valence-electron chi connectivity index (χ2n) is 6.33. The Hall–Kier alpha value is -1.06. The first kappa shape index (κ1) is 13.9. The number of hydrogen-bond donors (Lipinski definition) is 1. The number of fused-ring (bicyclic) bond motifs is 1. The average Bonchev–Trinajstić information content (AvgIpc) is 2.64. The van der Waals surface area contributed by atoms with E-state index in [9.17, 15) is 0 Å². The number of ether oxygens (including phenoxy) is 1. The molecule has 3 nitrogen and oxygen atoms in total. The number of benzene rings is 1. The molecule has 0 amide bonds. The van der Waals surface area contributed by atoms with Gasteiger partial charge in [0.2, 0.25) is 0 Å². The molecule has 1 saturated heterocycles. The van der Waals surface area contributed by atoms with E-state index >= 15 is 0 Å². The molecule has 1 aromatic carbocycles. The van der Waals surface area contributed by atoms with Crippen LogP contribution in [0.15, 0.2) is 18.2 Å². The Morgan fingerprint density at radius 2 is 2.00 bits per heavy atom. The molecule has 20 heavy (non-hydrogen) atoms. The number of rotatable bonds is 2. The van der Waals surface area contributed by atoms with Gasteiger partial charge in [-0.15, -0.1) is 0 Å². The Bertz CT molecular complexity index is 452. The zero-order valence-electron chi connectivity index (χ0n) is 12.7. The van der Waals surface area contributed by atoms with Crippen molar-refractivity contribution in [1.29, 1.82) is 0 Å². The van der Waals surface area contributed by atoms with Gasteiger partial charge in [0, 0.05) is 17.6 Å². The number of likely N-dealkylation sites (tertiary alicyclic amines) is 1. The fourth-order valence-electron chi connectivity index (χ4n) is 3.33. The quantitative estimate of drug-likeness (QED) is 0.897. The van der Waals surface area contributed by atoms with Gasteiger partial charge in [-0.05, 0) is 58.8 Å². The summed E-state index contributed by atoms with van der Waals surface area (Å²) in [6.07, 6.45) is 4.84. The maximum atomic E-state index is 5.89. The molecule has 1 fully saturated rings. The predicted molar refractivity (Wildman–Crippen MR) is 82.3 cm³/mol. The van der Waals surface area contributed by atoms with Gasteiger partial charge in [-0.25, -0.2) is 0 Å². The lowest BCUT2D eigenvalue weighted by molar-refractivity contribution is 0.222. The highest BCUT2D eigenvalue weighted by molar-refractivity contribution is 5.39. The zero-order valence-corrected chi connectivity index (χ0v) is 12.7. The van der Waals surface area contributed by atoms with Crippen LogP contribution in [0.5, 0.6) is 5.75 Å². The lowest BCUT2D eigenvalue weighted by Gasteiger charge is -2.32. The van der Waals surface area contributed by atoms with Crippen LogP contribution in [-0.2, 0) is 0 Å². The molecule has 0 saturated carbocycles. The van der Waals surface area contributed by atoms with E-state index in [0.29, 0.717) is 12.1 Å². The van der Waals surface area contributed by atoms with Crippen molar-refractivity contribution in [2.45, 2.75) is 44.7 Å². The zero-order chi connectivity index (χ0) is 13.9. The van der Waals surface area contributed by atoms with Crippen LogP contribution in [0.25, 0.3) is 0 Å². The van der Waals surface area contributed by atoms with Gasteiger partial charge in [0.25, 0.3) is 0 Å². The first-order chi connectivity index (χ1) is 9.72. The minimum absolute atomic E-state index is 0.459. The van der Waals surface area contributed by atoms with Crippen molar-refractivity contribution in [1.82, 2.24) is 10.2 Å². The van der Waals surface area contributed by atoms with Crippen molar-refractivity contribution in [3.8, 4) is 5.75 Å². The van der Waals surface area contributed by atoms with Crippen molar-refractivity contribution in [3.63, 3.8) is 0 Å². The van der Waals surface area contributed by atoms with Gasteiger partial charge >= 0.3 is 0 Å². The minimum Gasteiger partial charge on any atom is -0.493 e. The Morgan fingerprint density at radius 3 is 2.80 bits per heavy atom. The first-order valence-electron chi connectivity index (χ1n) is 7.90. The van der Waals surface area contributed by atoms with E-state index < -0.39 is 0 Å². The third-order valence-electron chi connectivity index (χ3n) is 4.59. The summed E-state index contributed by atoms with van der Waals surface area (Å²) in [6.45, 7) is 5.43. The van der Waals surface area contributed by atoms with E-state index in [0.717, 1.165) is 18.8 Å². The Labute approximate surface area is 122 Å². The molecular formula is C17H26N2O. The second-order valence-corrected chi connectivity index (χ2v) is 6.33. The normalized spacial score (nSPS) is 24.8. The van der Waals surface area contributed by atoms with Crippen LogP contribution in [-0.4, -0.2) is 37.7 Å². The highest BCUT2D eigenvalue weighted by Gasteiger charge is 2.24. The largest absolute Gasteiger partial charge is 0.493 e. The third-order valence-corrected chi connectivity index (χ3v) is 4.59. The van der Waals surface area contributed by atoms with Gasteiger partial charge in [0.15, 0.2) is 0 Å². The van der Waals surface area contributed by atoms with Gasteiger partial charge in [0.05, 0.1) is 6.61 Å². The van der Waals surface area contributed by atoms with E-state index in [-0.39, 0.29) is 0 Å². The van der Waals surface area contributed by atoms with Crippen LogP contribution in [0.3, 0.4) is 0 Å². The Balaban J connectivity index is 1.74. The number of piperidine rings is 1. The fraction of sp³-hybridized carbons (Fsp3) is 0.647. The summed E-state index contributed by atoms with van der Waals surface area (Å²) in [5.74, 6) is 1.08. The van der Waals surface area contributed by atoms with Crippen LogP contribution < -0.4 is 10.1 Å². The molecule has 0 spiro atoms. The van der Waals surface area contributed by atoms with Gasteiger partial charge in [-0.1, -0.05) is 17.7 Å². The SMILES string of the molecule is Cc1ccc2c(c1)C(NC1CCN(C)CC1)CCCO2. The maximum absolute atomic E-state index is 5.89. The summed E-state index contributed by atoms with van der Waals surface area (Å²) < 4.78 is 5.89. The second kappa shape index (κ2) is 6.15. The minimum atomic E-state index is 0.459. The molecule has 1 unspecified atom stereocenters. The first-order valence-corrected chi connectivity index (χ1v) is 7.90. The van der Waals surface area contributed by atoms with Crippen LogP contribution in [0, 0.1) is 6.92 Å². The summed E-state index contributed by atoms with van der Waals surface area (Å²) in [4.78, 5) is 2.42. The average molecular weight is 274 g/mol. The lowest BCUT2D eigenvalue weighted by atomic mass is 9.97. The topological polar surface area (TPSA) is 24.5 Å². The smallest absolute Gasteiger partial charge is 0.124 e. The van der Waals surface area contributed by atoms with Crippen LogP contribution >= 0.6 is 0 Å². The molecule has 0 aliphatic carbocycles. The van der Waals surface area contributed by atoms with Crippen molar-refractivity contribution < 1.29 is 4.74 Å². The highest BCUT2D eigenvalue weighted by Crippen LogP contribution is 2.33. The summed E-state index contributed by atoms with van der Waals surface area (Å²) in [5, 5.41) is 3.90. The standard InChI is InChI=1S/C17H26N2O/c1-13-5-6-17-15(12-13)16(4-3-11-20-17)18-14-7-9-19(2)10-8-14/h5-6,12,14,16,18H,3-4,7-11H2,1-2H3. The molecule has 3 rings (SSSR count). The molecule has 1 aromatic rings. The van der Waals surface area contributed by atoms with Crippen molar-refractivity contribution in [2.75, 3.05) is 26.7 Å². The molecule has 3 heteroatoms. The monoisotopic (exact) mass is 274 g/mol. The number of nitrogens with one attached hydrogen (secondary N) is 1. The number of nitrogens with zero attached hydrogens (tertiary/aromatic N) is 1. The molecule has 1 N–H and O–H groups in total. The molecule has 2 aliphatic heterocycles. The summed E-state index contributed by atoms with van der Waals surface area (Å²) >= 11 is 0. The Kier molecular flexibility index (Phi) is 4.27. The van der Waals surface area contributed by atoms with Gasteiger partial charge in [0.1, 0.15) is 5.75 Å². The number of aryl methyl sites for hydroxylation is 1. The lowest BCUT2D eigenvalue weighted by Crippen LogP contribution is -2.42. The van der Waals surface area contributed by atoms with Crippen molar-refractivity contribution in [2.24, 2.45) is 0 Å². The third kappa shape index (κ3) is 3.15. The van der Waals surface area contributed by atoms with E-state index in [1.54, 1.807) is 0 Å². The summed E-state index contributed by atoms with van der Waals surface area (Å²) in [6, 6.07) is 7.70. The molecular weight excluding hydrogens is 248 g/mol. The Morgan fingerprint density at radius 1 is 1.20 bits per heavy atom. The molecule has 0 radical (unpaired) electrons. The molecule has 110 valence electrons. The van der Waals surface area contributed by atoms with Crippen molar-refractivity contribution >= 4 is 0 Å². The van der Waals surface area contributed by atoms with Crippen molar-refractivity contribution in [3.05, 3.63) is 29.3 Å². The van der Waals surface area contributed by atoms with E-state index in [4.69, 9.17) is 4.74 Å². The van der Waals surface area contributed by atoms with Crippen LogP contribution in [0.4, 0.5) is 0 Å². The summed E-state index contributed by atoms with van der Waals surface area (Å²) in [5.41, 5.74) is 2.69. The van der Waals surface area contributed by atoms with E-state index in [1.165, 1.54) is 43.5 Å². The molecule has 0 bridgehead atoms. The van der Waals surface area contributed by atoms with Crippen LogP contribution in [0.2, 0.25) is 0 Å². The maximum Gasteiger partial charge on any atom is 0.124 e. The van der Waals surface area contributed by atoms with Gasteiger partial charge in [-0.2, -0.15) is 0 Å². The van der Waals surface area contributed by atoms with E-state index in [1.807, 2.05) is 0 Å². The predicted octanol–water partition coefficient (Wildman–Crippen LogP) is 2.89. The fourth-order valence-corrected chi connectivity index (χ4v) is 3.33. The molecule has 2 aliphatic rings. The van der Waals surface area contributed by atoms with Gasteiger partial charge < -0.3 is 15.0 Å². The summed E-state index contributed by atoms with van der Waals surface area (Å²) in [7, 11) is 2.22.